The van der Waals surface area contributed by atoms with E-state index in [9.17, 15) is 5.53 Å². The van der Waals surface area contributed by atoms with Gasteiger partial charge in [0, 0.05) is 18.1 Å². The van der Waals surface area contributed by atoms with Gasteiger partial charge in [0.25, 0.3) is 0 Å². The van der Waals surface area contributed by atoms with E-state index in [0.717, 1.165) is 55.6 Å². The van der Waals surface area contributed by atoms with Crippen LogP contribution < -0.4 is 4.74 Å². The van der Waals surface area contributed by atoms with Crippen LogP contribution in [0.4, 0.5) is 0 Å². The number of hydrogen-bond donors (Lipinski definition) is 0. The third kappa shape index (κ3) is 24.3. The Morgan fingerprint density at radius 2 is 0.527 bits per heavy atom. The number of hydrogen-bond acceptors (Lipinski definition) is 18. The fraction of sp³-hybridized carbons (Fsp3) is 0.348. The van der Waals surface area contributed by atoms with Crippen LogP contribution in [-0.4, -0.2) is 132 Å². The van der Waals surface area contributed by atoms with Crippen LogP contribution in [-0.2, 0) is 142 Å². The van der Waals surface area contributed by atoms with Crippen LogP contribution in [0.1, 0.15) is 62.1 Å². The highest BCUT2D eigenvalue weighted by molar-refractivity contribution is 5.27. The quantitative estimate of drug-likeness (QED) is 0.0151. The molecule has 3 heterocycles. The fourth-order valence-electron chi connectivity index (χ4n) is 13.8. The van der Waals surface area contributed by atoms with Gasteiger partial charge in [-0.05, 0) is 79.7 Å². The summed E-state index contributed by atoms with van der Waals surface area (Å²) in [5.41, 5.74) is 18.4. The van der Waals surface area contributed by atoms with Crippen molar-refractivity contribution in [1.29, 1.82) is 0 Å². The molecule has 15 atom stereocenters. The molecule has 3 aliphatic rings. The summed E-state index contributed by atoms with van der Waals surface area (Å²) in [4.78, 5) is 3.01. The van der Waals surface area contributed by atoms with Gasteiger partial charge in [-0.25, -0.2) is 0 Å². The highest BCUT2D eigenvalue weighted by Gasteiger charge is 2.57. The molecule has 0 spiro atoms. The molecular weight excluding hydrogens is 1420 g/mol. The lowest BCUT2D eigenvalue weighted by molar-refractivity contribution is -0.395. The Hall–Kier alpha value is -9.33. The molecule has 112 heavy (non-hydrogen) atoms. The van der Waals surface area contributed by atoms with Gasteiger partial charge in [0.15, 0.2) is 18.9 Å². The third-order valence-electron chi connectivity index (χ3n) is 19.6. The zero-order valence-electron chi connectivity index (χ0n) is 63.0. The zero-order chi connectivity index (χ0) is 76.4. The molecule has 3 fully saturated rings. The minimum absolute atomic E-state index is 0.0162. The summed E-state index contributed by atoms with van der Waals surface area (Å²) in [7, 11) is 1.64. The van der Waals surface area contributed by atoms with E-state index in [1.165, 1.54) is 0 Å². The second-order valence-electron chi connectivity index (χ2n) is 27.7. The van der Waals surface area contributed by atoms with Crippen LogP contribution in [0.15, 0.2) is 302 Å². The number of methoxy groups -OCH3 is 1. The van der Waals surface area contributed by atoms with E-state index in [0.29, 0.717) is 12.2 Å². The highest BCUT2D eigenvalue weighted by Crippen LogP contribution is 2.40. The monoisotopic (exact) mass is 1520 g/mol. The lowest BCUT2D eigenvalue weighted by Gasteiger charge is -2.52. The Labute approximate surface area is 656 Å². The maximum Gasteiger partial charge on any atom is 0.187 e. The summed E-state index contributed by atoms with van der Waals surface area (Å²) in [6.45, 7) is 1.89. The average Bonchev–Trinajstić information content (AvgIpc) is 0.757. The van der Waals surface area contributed by atoms with Crippen LogP contribution >= 0.6 is 0 Å². The van der Waals surface area contributed by atoms with Gasteiger partial charge in [-0.1, -0.05) is 290 Å². The summed E-state index contributed by atoms with van der Waals surface area (Å²) >= 11 is 0. The molecule has 0 bridgehead atoms. The fourth-order valence-corrected chi connectivity index (χ4v) is 13.8. The van der Waals surface area contributed by atoms with Crippen LogP contribution in [0.2, 0.25) is 0 Å². The maximum atomic E-state index is 9.31. The summed E-state index contributed by atoms with van der Waals surface area (Å²) in [6.07, 6.45) is -15.3. The smallest absolute Gasteiger partial charge is 0.187 e. The van der Waals surface area contributed by atoms with Crippen LogP contribution in [0, 0.1) is 0 Å². The second-order valence-corrected chi connectivity index (χ2v) is 27.7. The van der Waals surface area contributed by atoms with Crippen molar-refractivity contribution in [2.24, 2.45) is 5.11 Å². The number of benzene rings is 10. The molecule has 584 valence electrons. The van der Waals surface area contributed by atoms with Crippen molar-refractivity contribution in [3.05, 3.63) is 363 Å². The molecule has 0 saturated carbocycles. The Kier molecular flexibility index (Phi) is 31.9. The molecule has 0 N–H and O–H groups in total. The van der Waals surface area contributed by atoms with Gasteiger partial charge in [-0.15, -0.1) is 0 Å². The van der Waals surface area contributed by atoms with E-state index in [4.69, 9.17) is 80.5 Å². The largest absolute Gasteiger partial charge is 0.497 e. The van der Waals surface area contributed by atoms with Crippen molar-refractivity contribution in [2.45, 2.75) is 165 Å². The van der Waals surface area contributed by atoms with Gasteiger partial charge >= 0.3 is 0 Å². The molecule has 0 radical (unpaired) electrons. The van der Waals surface area contributed by atoms with Crippen molar-refractivity contribution < 1.29 is 80.5 Å². The van der Waals surface area contributed by atoms with Gasteiger partial charge in [0.1, 0.15) is 79.0 Å². The lowest BCUT2D eigenvalue weighted by atomic mass is 9.95. The van der Waals surface area contributed by atoms with Gasteiger partial charge in [-0.3, -0.25) is 0 Å². The summed E-state index contributed by atoms with van der Waals surface area (Å²) in [6, 6.07) is 97.3. The number of ether oxygens (including phenoxy) is 17. The molecule has 0 unspecified atom stereocenters. The highest BCUT2D eigenvalue weighted by atomic mass is 16.8. The molecule has 3 aliphatic heterocycles. The molecule has 13 rings (SSSR count). The van der Waals surface area contributed by atoms with E-state index >= 15 is 0 Å². The molecule has 0 aliphatic carbocycles. The van der Waals surface area contributed by atoms with E-state index in [2.05, 4.69) is 10.0 Å². The first-order chi connectivity index (χ1) is 55.5. The summed E-state index contributed by atoms with van der Waals surface area (Å²) in [5, 5.41) is 3.81. The Morgan fingerprint density at radius 1 is 0.277 bits per heavy atom. The summed E-state index contributed by atoms with van der Waals surface area (Å²) in [5.74, 6) is 0.703. The topological polar surface area (TPSA) is 206 Å². The molecular formula is C92H99N3O17. The van der Waals surface area contributed by atoms with E-state index in [1.807, 2.05) is 297 Å². The molecule has 20 nitrogen and oxygen atoms in total. The van der Waals surface area contributed by atoms with Crippen LogP contribution in [0.5, 0.6) is 5.75 Å². The Morgan fingerprint density at radius 3 is 0.830 bits per heavy atom. The van der Waals surface area contributed by atoms with Crippen molar-refractivity contribution in [1.82, 2.24) is 0 Å². The van der Waals surface area contributed by atoms with Gasteiger partial charge < -0.3 is 80.5 Å². The maximum absolute atomic E-state index is 9.31. The van der Waals surface area contributed by atoms with Crippen molar-refractivity contribution in [3.8, 4) is 5.75 Å². The predicted molar refractivity (Wildman–Crippen MR) is 420 cm³/mol. The molecule has 20 heteroatoms. The molecule has 10 aromatic rings. The van der Waals surface area contributed by atoms with Gasteiger partial charge in [-0.2, -0.15) is 0 Å². The van der Waals surface area contributed by atoms with Crippen molar-refractivity contribution in [3.63, 3.8) is 0 Å². The van der Waals surface area contributed by atoms with Crippen molar-refractivity contribution in [2.75, 3.05) is 40.1 Å². The SMILES string of the molecule is COc1ccc(CO[C@H]2[C@@H](OCc3ccccc3)[C@@H](COCc3ccccc3)O[C@H](O[C@@H]3[C@H](OCc4ccccc4)[C@@H](OCc4ccccc4)[C@H](O[C@H]4[C@H](OCc5ccccc5)[C@@H](OCc5ccccc5)[C@H](OCCCN=[N+]=[N-])O[C@@H]4COCc4ccccc4)O[C@@H]3COCc3ccccc3)[C@@H]2OCc2ccccc2)cc1. The molecule has 3 saturated heterocycles. The molecule has 0 aromatic heterocycles. The van der Waals surface area contributed by atoms with E-state index < -0.39 is 92.1 Å². The first kappa shape index (κ1) is 80.7. The van der Waals surface area contributed by atoms with Gasteiger partial charge in [0.2, 0.25) is 0 Å². The predicted octanol–water partition coefficient (Wildman–Crippen LogP) is 16.4. The Balaban J connectivity index is 0.945. The second kappa shape index (κ2) is 44.2. The standard InChI is InChI=1S/C92H99N3O17/c1-96-77-50-48-76(49-51-77)63-102-84-81(101-57-70-36-17-5-18-37-70)78(64-97-54-67-30-11-2-12-31-67)109-91(88(84)106-61-74-44-25-9-26-45-74)112-83-80(66-99-56-69-34-15-4-16-35-69)110-92(89(107-62-75-46-27-10-28-47-75)86(83)104-59-72-40-21-7-22-41-72)111-82-79(65-98-55-68-32-13-3-14-33-68)108-90(100-53-29-52-94-95-93)87(105-60-73-42-23-8-24-43-73)85(82)103-58-71-38-19-6-20-39-71/h2-28,30-51,78-92H,29,52-66H2,1H3/t78-,79-,80-,81+,82-,83+,84+,85+,86+,87-,88-,89-,90-,91-,92+/m1/s1. The molecule has 0 amide bonds. The van der Waals surface area contributed by atoms with Crippen LogP contribution in [0.25, 0.3) is 10.4 Å². The first-order valence-electron chi connectivity index (χ1n) is 38.4. The normalized spacial score (nSPS) is 23.7. The van der Waals surface area contributed by atoms with Gasteiger partial charge in [0.05, 0.1) is 93.0 Å². The minimum Gasteiger partial charge on any atom is -0.497 e. The average molecular weight is 1520 g/mol. The van der Waals surface area contributed by atoms with E-state index in [1.54, 1.807) is 7.11 Å². The lowest BCUT2D eigenvalue weighted by Crippen LogP contribution is -2.68. The first-order valence-corrected chi connectivity index (χ1v) is 38.4. The number of rotatable bonds is 43. The Bertz CT molecular complexity index is 4270. The summed E-state index contributed by atoms with van der Waals surface area (Å²) < 4.78 is 122. The number of nitrogens with zero attached hydrogens (tertiary/aromatic N) is 3. The van der Waals surface area contributed by atoms with E-state index in [-0.39, 0.29) is 99.0 Å². The van der Waals surface area contributed by atoms with Crippen molar-refractivity contribution >= 4 is 0 Å². The third-order valence-corrected chi connectivity index (χ3v) is 19.6. The zero-order valence-corrected chi connectivity index (χ0v) is 63.0. The van der Waals surface area contributed by atoms with Crippen LogP contribution in [0.3, 0.4) is 0 Å². The number of azide groups is 1. The minimum atomic E-state index is -1.34. The molecule has 10 aromatic carbocycles.